The Balaban J connectivity index is 2.65. The molecule has 0 aliphatic heterocycles. The summed E-state index contributed by atoms with van der Waals surface area (Å²) in [6.07, 6.45) is -3.55. The van der Waals surface area contributed by atoms with Gasteiger partial charge < -0.3 is 4.74 Å². The van der Waals surface area contributed by atoms with Crippen LogP contribution in [0.1, 0.15) is 0 Å². The van der Waals surface area contributed by atoms with E-state index in [1.165, 1.54) is 0 Å². The highest BCUT2D eigenvalue weighted by Gasteiger charge is 2.28. The monoisotopic (exact) mass is 229 g/mol. The topological polar surface area (TPSA) is 22.1 Å². The molecule has 0 aliphatic rings. The van der Waals surface area contributed by atoms with Crippen LogP contribution in [0.2, 0.25) is 5.15 Å². The maximum Gasteiger partial charge on any atom is 0.422 e. The number of hydrogen-bond acceptors (Lipinski definition) is 2. The van der Waals surface area contributed by atoms with Crippen molar-refractivity contribution in [1.82, 2.24) is 4.98 Å². The number of hydrogen-bond donors (Lipinski definition) is 0. The van der Waals surface area contributed by atoms with Gasteiger partial charge >= 0.3 is 6.18 Å². The fourth-order valence-electron chi connectivity index (χ4n) is 0.648. The minimum Gasteiger partial charge on any atom is -0.482 e. The Hall–Kier alpha value is -1.04. The maximum atomic E-state index is 12.6. The Kier molecular flexibility index (Phi) is 3.15. The average molecular weight is 230 g/mol. The summed E-state index contributed by atoms with van der Waals surface area (Å²) in [4.78, 5) is 3.28. The summed E-state index contributed by atoms with van der Waals surface area (Å²) >= 11 is 5.21. The van der Waals surface area contributed by atoms with Crippen molar-refractivity contribution in [3.8, 4) is 5.75 Å². The van der Waals surface area contributed by atoms with Gasteiger partial charge in [-0.25, -0.2) is 9.37 Å². The van der Waals surface area contributed by atoms with Crippen LogP contribution in [-0.2, 0) is 0 Å². The molecule has 0 aliphatic carbocycles. The van der Waals surface area contributed by atoms with Crippen LogP contribution in [0, 0.1) is 5.82 Å². The van der Waals surface area contributed by atoms with Crippen molar-refractivity contribution < 1.29 is 22.3 Å². The van der Waals surface area contributed by atoms with Crippen molar-refractivity contribution in [2.75, 3.05) is 6.61 Å². The van der Waals surface area contributed by atoms with Crippen molar-refractivity contribution in [1.29, 1.82) is 0 Å². The van der Waals surface area contributed by atoms with Gasteiger partial charge in [-0.1, -0.05) is 11.6 Å². The molecule has 0 radical (unpaired) electrons. The normalized spacial score (nSPS) is 11.5. The second-order valence-corrected chi connectivity index (χ2v) is 2.71. The van der Waals surface area contributed by atoms with E-state index in [4.69, 9.17) is 11.6 Å². The van der Waals surface area contributed by atoms with Crippen LogP contribution in [0.15, 0.2) is 12.3 Å². The van der Waals surface area contributed by atoms with Gasteiger partial charge in [-0.3, -0.25) is 0 Å². The molecule has 1 rings (SSSR count). The molecule has 0 unspecified atom stereocenters. The molecule has 2 nitrogen and oxygen atoms in total. The quantitative estimate of drug-likeness (QED) is 0.575. The summed E-state index contributed by atoms with van der Waals surface area (Å²) < 4.78 is 51.8. The lowest BCUT2D eigenvalue weighted by molar-refractivity contribution is -0.153. The second-order valence-electron chi connectivity index (χ2n) is 2.35. The molecule has 1 aromatic heterocycles. The van der Waals surface area contributed by atoms with Crippen LogP contribution in [0.4, 0.5) is 17.6 Å². The summed E-state index contributed by atoms with van der Waals surface area (Å²) in [5, 5.41) is -0.413. The molecule has 0 aromatic carbocycles. The first kappa shape index (κ1) is 11.0. The number of alkyl halides is 3. The number of nitrogens with zero attached hydrogens (tertiary/aromatic N) is 1. The fourth-order valence-corrected chi connectivity index (χ4v) is 0.751. The number of pyridine rings is 1. The second kappa shape index (κ2) is 4.00. The molecular formula is C7H4ClF4NO. The van der Waals surface area contributed by atoms with E-state index in [1.807, 2.05) is 0 Å². The van der Waals surface area contributed by atoms with Gasteiger partial charge in [0.15, 0.2) is 17.6 Å². The van der Waals surface area contributed by atoms with E-state index in [0.717, 1.165) is 12.3 Å². The summed E-state index contributed by atoms with van der Waals surface area (Å²) in [6, 6.07) is 0.737. The van der Waals surface area contributed by atoms with E-state index in [0.29, 0.717) is 0 Å². The van der Waals surface area contributed by atoms with E-state index in [-0.39, 0.29) is 5.75 Å². The molecule has 78 valence electrons. The van der Waals surface area contributed by atoms with E-state index in [9.17, 15) is 17.6 Å². The minimum atomic E-state index is -4.46. The van der Waals surface area contributed by atoms with Gasteiger partial charge in [0.05, 0.1) is 6.20 Å². The molecule has 0 bridgehead atoms. The van der Waals surface area contributed by atoms with Crippen LogP contribution in [0.3, 0.4) is 0 Å². The van der Waals surface area contributed by atoms with Crippen LogP contribution < -0.4 is 4.74 Å². The summed E-state index contributed by atoms with van der Waals surface area (Å²) in [6.45, 7) is -1.49. The molecule has 0 N–H and O–H groups in total. The number of ether oxygens (including phenoxy) is 1. The molecule has 14 heavy (non-hydrogen) atoms. The average Bonchev–Trinajstić information content (AvgIpc) is 2.06. The highest BCUT2D eigenvalue weighted by atomic mass is 35.5. The third-order valence-corrected chi connectivity index (χ3v) is 1.45. The molecule has 0 saturated heterocycles. The highest BCUT2D eigenvalue weighted by molar-refractivity contribution is 6.29. The van der Waals surface area contributed by atoms with Gasteiger partial charge in [0.25, 0.3) is 0 Å². The third kappa shape index (κ3) is 3.37. The zero-order valence-electron chi connectivity index (χ0n) is 6.61. The lowest BCUT2D eigenvalue weighted by Crippen LogP contribution is -2.19. The molecule has 0 spiro atoms. The van der Waals surface area contributed by atoms with Crippen molar-refractivity contribution in [3.63, 3.8) is 0 Å². The zero-order valence-corrected chi connectivity index (χ0v) is 7.36. The lowest BCUT2D eigenvalue weighted by Gasteiger charge is -2.08. The van der Waals surface area contributed by atoms with Crippen molar-refractivity contribution in [2.45, 2.75) is 6.18 Å². The Morgan fingerprint density at radius 3 is 2.57 bits per heavy atom. The van der Waals surface area contributed by atoms with Gasteiger partial charge in [0, 0.05) is 6.07 Å². The number of halogens is 5. The van der Waals surface area contributed by atoms with E-state index < -0.39 is 23.8 Å². The SMILES string of the molecule is Fc1cc(OCC(F)(F)F)cnc1Cl. The van der Waals surface area contributed by atoms with Crippen LogP contribution in [-0.4, -0.2) is 17.8 Å². The fraction of sp³-hybridized carbons (Fsp3) is 0.286. The van der Waals surface area contributed by atoms with Gasteiger partial charge in [-0.15, -0.1) is 0 Å². The molecule has 7 heteroatoms. The minimum absolute atomic E-state index is 0.316. The van der Waals surface area contributed by atoms with Crippen LogP contribution in [0.25, 0.3) is 0 Å². The van der Waals surface area contributed by atoms with Crippen LogP contribution >= 0.6 is 11.6 Å². The van der Waals surface area contributed by atoms with Gasteiger partial charge in [0.1, 0.15) is 5.75 Å². The third-order valence-electron chi connectivity index (χ3n) is 1.17. The molecule has 1 aromatic rings. The predicted molar refractivity (Wildman–Crippen MR) is 40.8 cm³/mol. The molecule has 0 amide bonds. The van der Waals surface area contributed by atoms with Crippen molar-refractivity contribution in [3.05, 3.63) is 23.2 Å². The van der Waals surface area contributed by atoms with E-state index >= 15 is 0 Å². The summed E-state index contributed by atoms with van der Waals surface area (Å²) in [7, 11) is 0. The first-order valence-corrected chi connectivity index (χ1v) is 3.77. The zero-order chi connectivity index (χ0) is 10.8. The molecule has 0 atom stereocenters. The Morgan fingerprint density at radius 2 is 2.07 bits per heavy atom. The van der Waals surface area contributed by atoms with Crippen molar-refractivity contribution >= 4 is 11.6 Å². The maximum absolute atomic E-state index is 12.6. The Bertz CT molecular complexity index is 328. The predicted octanol–water partition coefficient (Wildman–Crippen LogP) is 2.82. The summed E-state index contributed by atoms with van der Waals surface area (Å²) in [5.41, 5.74) is 0. The first-order valence-electron chi connectivity index (χ1n) is 3.39. The van der Waals surface area contributed by atoms with Crippen molar-refractivity contribution in [2.24, 2.45) is 0 Å². The van der Waals surface area contributed by atoms with Gasteiger partial charge in [0.2, 0.25) is 0 Å². The summed E-state index contributed by atoms with van der Waals surface area (Å²) in [5.74, 6) is -1.24. The smallest absolute Gasteiger partial charge is 0.422 e. The Labute approximate surface area is 81.5 Å². The van der Waals surface area contributed by atoms with Crippen LogP contribution in [0.5, 0.6) is 5.75 Å². The lowest BCUT2D eigenvalue weighted by atomic mass is 10.4. The van der Waals surface area contributed by atoms with E-state index in [2.05, 4.69) is 9.72 Å². The van der Waals surface area contributed by atoms with E-state index in [1.54, 1.807) is 0 Å². The first-order chi connectivity index (χ1) is 6.38. The molecule has 0 saturated carbocycles. The Morgan fingerprint density at radius 1 is 1.43 bits per heavy atom. The standard InChI is InChI=1S/C7H4ClF4NO/c8-6-5(9)1-4(2-13-6)14-3-7(10,11)12/h1-2H,3H2. The highest BCUT2D eigenvalue weighted by Crippen LogP contribution is 2.20. The number of aromatic nitrogens is 1. The molecule has 1 heterocycles. The largest absolute Gasteiger partial charge is 0.482 e. The van der Waals surface area contributed by atoms with Gasteiger partial charge in [-0.05, 0) is 0 Å². The van der Waals surface area contributed by atoms with Gasteiger partial charge in [-0.2, -0.15) is 13.2 Å². The molecular weight excluding hydrogens is 226 g/mol. The number of rotatable bonds is 2. The molecule has 0 fully saturated rings.